The monoisotopic (exact) mass is 413 g/mol. The lowest BCUT2D eigenvalue weighted by atomic mass is 9.69. The number of rotatable bonds is 3. The predicted molar refractivity (Wildman–Crippen MR) is 120 cm³/mol. The van der Waals surface area contributed by atoms with E-state index in [0.29, 0.717) is 31.5 Å². The molecule has 1 amide bonds. The maximum Gasteiger partial charge on any atom is 0.253 e. The Kier molecular flexibility index (Phi) is 5.78. The number of carbonyl (C=O) groups is 3. The van der Waals surface area contributed by atoms with Gasteiger partial charge in [-0.3, -0.25) is 14.4 Å². The molecule has 1 heterocycles. The summed E-state index contributed by atoms with van der Waals surface area (Å²) in [6.45, 7) is 6.93. The number of likely N-dealkylation sites (tertiary alicyclic amines) is 1. The molecule has 0 bridgehead atoms. The largest absolute Gasteiger partial charge is 0.338 e. The van der Waals surface area contributed by atoms with Crippen molar-refractivity contribution in [2.45, 2.75) is 39.5 Å². The first-order valence-corrected chi connectivity index (χ1v) is 10.8. The molecule has 0 N–H and O–H groups in total. The molecule has 1 aliphatic carbocycles. The van der Waals surface area contributed by atoms with E-state index in [1.54, 1.807) is 6.92 Å². The standard InChI is InChI=1S/C27H27NO3/c1-4-8-19-11-17(2)25(18(3)12-19)26-23(29)13-21(14-24(26)30)22-15-28(16-22)27(31)20-9-6-5-7-10-20/h5-7,9-12,21-22,26H,13-16H2,1-3H3. The van der Waals surface area contributed by atoms with Crippen molar-refractivity contribution in [3.63, 3.8) is 0 Å². The molecular formula is C27H27NO3. The molecule has 2 fully saturated rings. The summed E-state index contributed by atoms with van der Waals surface area (Å²) >= 11 is 0. The number of amides is 1. The number of ketones is 2. The quantitative estimate of drug-likeness (QED) is 0.563. The summed E-state index contributed by atoms with van der Waals surface area (Å²) in [7, 11) is 0. The van der Waals surface area contributed by atoms with Crippen LogP contribution < -0.4 is 0 Å². The molecule has 0 unspecified atom stereocenters. The third-order valence-electron chi connectivity index (χ3n) is 6.61. The number of Topliss-reactive ketones (excluding diaryl/α,β-unsaturated/α-hetero) is 2. The number of hydrogen-bond donors (Lipinski definition) is 0. The fraction of sp³-hybridized carbons (Fsp3) is 0.370. The topological polar surface area (TPSA) is 54.5 Å². The maximum atomic E-state index is 13.1. The van der Waals surface area contributed by atoms with Gasteiger partial charge in [-0.05, 0) is 73.6 Å². The zero-order valence-electron chi connectivity index (χ0n) is 18.3. The van der Waals surface area contributed by atoms with Gasteiger partial charge in [-0.2, -0.15) is 0 Å². The predicted octanol–water partition coefficient (Wildman–Crippen LogP) is 4.08. The highest BCUT2D eigenvalue weighted by Crippen LogP contribution is 2.39. The Morgan fingerprint density at radius 1 is 0.935 bits per heavy atom. The van der Waals surface area contributed by atoms with Crippen LogP contribution in [0.15, 0.2) is 42.5 Å². The first-order chi connectivity index (χ1) is 14.9. The van der Waals surface area contributed by atoms with Crippen LogP contribution in [0.5, 0.6) is 0 Å². The van der Waals surface area contributed by atoms with E-state index in [4.69, 9.17) is 0 Å². The van der Waals surface area contributed by atoms with Crippen LogP contribution in [0.3, 0.4) is 0 Å². The van der Waals surface area contributed by atoms with Gasteiger partial charge in [-0.1, -0.05) is 24.1 Å². The zero-order valence-corrected chi connectivity index (χ0v) is 18.3. The summed E-state index contributed by atoms with van der Waals surface area (Å²) < 4.78 is 0. The second kappa shape index (κ2) is 8.51. The van der Waals surface area contributed by atoms with E-state index in [1.807, 2.05) is 61.2 Å². The van der Waals surface area contributed by atoms with Gasteiger partial charge >= 0.3 is 0 Å². The van der Waals surface area contributed by atoms with E-state index < -0.39 is 5.92 Å². The van der Waals surface area contributed by atoms with Gasteiger partial charge in [0.05, 0.1) is 0 Å². The van der Waals surface area contributed by atoms with Gasteiger partial charge in [-0.25, -0.2) is 0 Å². The smallest absolute Gasteiger partial charge is 0.253 e. The molecule has 1 saturated heterocycles. The molecule has 158 valence electrons. The van der Waals surface area contributed by atoms with Crippen LogP contribution in [0.1, 0.15) is 58.3 Å². The van der Waals surface area contributed by atoms with E-state index in [9.17, 15) is 14.4 Å². The van der Waals surface area contributed by atoms with Crippen LogP contribution in [-0.4, -0.2) is 35.5 Å². The minimum Gasteiger partial charge on any atom is -0.338 e. The number of nitrogens with zero attached hydrogens (tertiary/aromatic N) is 1. The Labute approximate surface area is 183 Å². The molecule has 1 aliphatic heterocycles. The van der Waals surface area contributed by atoms with Crippen LogP contribution >= 0.6 is 0 Å². The highest BCUT2D eigenvalue weighted by atomic mass is 16.2. The lowest BCUT2D eigenvalue weighted by molar-refractivity contribution is -0.135. The first-order valence-electron chi connectivity index (χ1n) is 10.8. The Morgan fingerprint density at radius 2 is 1.52 bits per heavy atom. The second-order valence-electron chi connectivity index (χ2n) is 8.77. The Bertz CT molecular complexity index is 1060. The van der Waals surface area contributed by atoms with E-state index in [1.165, 1.54) is 0 Å². The molecule has 0 spiro atoms. The Hall–Kier alpha value is -3.19. The number of benzene rings is 2. The molecule has 2 aromatic carbocycles. The van der Waals surface area contributed by atoms with Gasteiger partial charge in [0.1, 0.15) is 17.5 Å². The third kappa shape index (κ3) is 4.05. The van der Waals surface area contributed by atoms with Crippen molar-refractivity contribution in [2.75, 3.05) is 13.1 Å². The lowest BCUT2D eigenvalue weighted by Gasteiger charge is -2.45. The Balaban J connectivity index is 1.44. The highest BCUT2D eigenvalue weighted by Gasteiger charge is 2.44. The first kappa shape index (κ1) is 21.1. The summed E-state index contributed by atoms with van der Waals surface area (Å²) in [5.74, 6) is 5.56. The van der Waals surface area contributed by atoms with Crippen molar-refractivity contribution < 1.29 is 14.4 Å². The SMILES string of the molecule is CC#Cc1cc(C)c(C2C(=O)CC(C3CN(C(=O)c4ccccc4)C3)CC2=O)c(C)c1. The van der Waals surface area contributed by atoms with Crippen molar-refractivity contribution in [1.29, 1.82) is 0 Å². The van der Waals surface area contributed by atoms with E-state index in [0.717, 1.165) is 22.3 Å². The van der Waals surface area contributed by atoms with Gasteiger partial charge in [-0.15, -0.1) is 5.92 Å². The van der Waals surface area contributed by atoms with Crippen molar-refractivity contribution in [1.82, 2.24) is 4.90 Å². The number of aryl methyl sites for hydroxylation is 2. The van der Waals surface area contributed by atoms with Gasteiger partial charge < -0.3 is 4.90 Å². The molecule has 0 radical (unpaired) electrons. The van der Waals surface area contributed by atoms with Crippen LogP contribution in [0, 0.1) is 37.5 Å². The molecule has 4 rings (SSSR count). The lowest BCUT2D eigenvalue weighted by Crippen LogP contribution is -2.54. The second-order valence-corrected chi connectivity index (χ2v) is 8.77. The van der Waals surface area contributed by atoms with Crippen LogP contribution in [0.4, 0.5) is 0 Å². The summed E-state index contributed by atoms with van der Waals surface area (Å²) in [5.41, 5.74) is 4.34. The molecule has 1 saturated carbocycles. The van der Waals surface area contributed by atoms with Crippen molar-refractivity contribution in [3.8, 4) is 11.8 Å². The maximum absolute atomic E-state index is 13.1. The number of carbonyl (C=O) groups excluding carboxylic acids is 3. The molecule has 0 atom stereocenters. The minimum atomic E-state index is -0.665. The van der Waals surface area contributed by atoms with Crippen LogP contribution in [-0.2, 0) is 9.59 Å². The van der Waals surface area contributed by atoms with Crippen LogP contribution in [0.2, 0.25) is 0 Å². The zero-order chi connectivity index (χ0) is 22.1. The van der Waals surface area contributed by atoms with Crippen LogP contribution in [0.25, 0.3) is 0 Å². The third-order valence-corrected chi connectivity index (χ3v) is 6.61. The summed E-state index contributed by atoms with van der Waals surface area (Å²) in [5, 5.41) is 0. The van der Waals surface area contributed by atoms with Crippen molar-refractivity contribution >= 4 is 17.5 Å². The summed E-state index contributed by atoms with van der Waals surface area (Å²) in [6, 6.07) is 13.2. The summed E-state index contributed by atoms with van der Waals surface area (Å²) in [4.78, 5) is 40.5. The minimum absolute atomic E-state index is 0.00890. The molecule has 2 aliphatic rings. The highest BCUT2D eigenvalue weighted by molar-refractivity contribution is 6.10. The molecule has 0 aromatic heterocycles. The van der Waals surface area contributed by atoms with Gasteiger partial charge in [0.2, 0.25) is 0 Å². The number of hydrogen-bond acceptors (Lipinski definition) is 3. The normalized spacial score (nSPS) is 21.3. The van der Waals surface area contributed by atoms with E-state index >= 15 is 0 Å². The summed E-state index contributed by atoms with van der Waals surface area (Å²) in [6.07, 6.45) is 0.813. The van der Waals surface area contributed by atoms with Gasteiger partial charge in [0.15, 0.2) is 0 Å². The fourth-order valence-corrected chi connectivity index (χ4v) is 5.05. The molecular weight excluding hydrogens is 386 g/mol. The Morgan fingerprint density at radius 3 is 2.06 bits per heavy atom. The van der Waals surface area contributed by atoms with E-state index in [-0.39, 0.29) is 29.3 Å². The molecule has 4 nitrogen and oxygen atoms in total. The van der Waals surface area contributed by atoms with Gasteiger partial charge in [0, 0.05) is 37.1 Å². The fourth-order valence-electron chi connectivity index (χ4n) is 5.05. The van der Waals surface area contributed by atoms with Crippen molar-refractivity contribution in [2.24, 2.45) is 11.8 Å². The van der Waals surface area contributed by atoms with Crippen molar-refractivity contribution in [3.05, 3.63) is 70.3 Å². The average molecular weight is 414 g/mol. The molecule has 31 heavy (non-hydrogen) atoms. The molecule has 2 aromatic rings. The van der Waals surface area contributed by atoms with E-state index in [2.05, 4.69) is 11.8 Å². The van der Waals surface area contributed by atoms with Gasteiger partial charge in [0.25, 0.3) is 5.91 Å². The molecule has 4 heteroatoms. The average Bonchev–Trinajstić information content (AvgIpc) is 2.69.